The van der Waals surface area contributed by atoms with Gasteiger partial charge in [0.15, 0.2) is 0 Å². The van der Waals surface area contributed by atoms with E-state index in [-0.39, 0.29) is 12.1 Å². The van der Waals surface area contributed by atoms with E-state index < -0.39 is 0 Å². The van der Waals surface area contributed by atoms with Gasteiger partial charge in [0.1, 0.15) is 0 Å². The molecular formula is C23H40O6. The summed E-state index contributed by atoms with van der Waals surface area (Å²) in [6.45, 7) is 4.64. The largest absolute Gasteiger partial charge is 0.463 e. The molecule has 1 N–H and O–H groups in total. The lowest BCUT2D eigenvalue weighted by Crippen LogP contribution is -2.38. The molecule has 0 radical (unpaired) electrons. The van der Waals surface area contributed by atoms with Crippen LogP contribution < -0.4 is 0 Å². The van der Waals surface area contributed by atoms with Crippen molar-refractivity contribution in [2.75, 3.05) is 20.3 Å². The van der Waals surface area contributed by atoms with Crippen LogP contribution in [-0.4, -0.2) is 49.9 Å². The zero-order valence-electron chi connectivity index (χ0n) is 18.1. The summed E-state index contributed by atoms with van der Waals surface area (Å²) in [5.41, 5.74) is 0. The van der Waals surface area contributed by atoms with Crippen LogP contribution in [0.5, 0.6) is 0 Å². The number of rotatable bonds is 13. The Morgan fingerprint density at radius 3 is 2.00 bits per heavy atom. The highest BCUT2D eigenvalue weighted by Gasteiger charge is 2.36. The summed E-state index contributed by atoms with van der Waals surface area (Å²) in [6.07, 6.45) is 14.4. The Kier molecular flexibility index (Phi) is 11.8. The van der Waals surface area contributed by atoms with Gasteiger partial charge >= 0.3 is 5.97 Å². The van der Waals surface area contributed by atoms with Crippen LogP contribution in [0.4, 0.5) is 0 Å². The van der Waals surface area contributed by atoms with Gasteiger partial charge in [0.25, 0.3) is 0 Å². The van der Waals surface area contributed by atoms with Crippen LogP contribution in [0.2, 0.25) is 0 Å². The molecule has 0 aromatic carbocycles. The smallest absolute Gasteiger partial charge is 0.330 e. The third-order valence-electron chi connectivity index (χ3n) is 6.63. The van der Waals surface area contributed by atoms with Crippen LogP contribution in [0, 0.1) is 11.8 Å². The van der Waals surface area contributed by atoms with Crippen LogP contribution in [0.25, 0.3) is 0 Å². The van der Waals surface area contributed by atoms with Gasteiger partial charge in [0, 0.05) is 19.8 Å². The molecular weight excluding hydrogens is 372 g/mol. The zero-order chi connectivity index (χ0) is 20.9. The second-order valence-electron chi connectivity index (χ2n) is 8.54. The van der Waals surface area contributed by atoms with Crippen molar-refractivity contribution in [3.63, 3.8) is 0 Å². The quantitative estimate of drug-likeness (QED) is 0.152. The van der Waals surface area contributed by atoms with Gasteiger partial charge in [-0.25, -0.2) is 9.68 Å². The van der Waals surface area contributed by atoms with E-state index in [0.717, 1.165) is 83.7 Å². The summed E-state index contributed by atoms with van der Waals surface area (Å²) >= 11 is 0. The number of hydrogen-bond donors (Lipinski definition) is 1. The van der Waals surface area contributed by atoms with Crippen LogP contribution >= 0.6 is 0 Å². The van der Waals surface area contributed by atoms with E-state index in [1.165, 1.54) is 6.08 Å². The van der Waals surface area contributed by atoms with Crippen molar-refractivity contribution in [2.24, 2.45) is 11.8 Å². The average Bonchev–Trinajstić information content (AvgIpc) is 2.77. The maximum Gasteiger partial charge on any atom is 0.330 e. The van der Waals surface area contributed by atoms with Crippen molar-refractivity contribution in [1.82, 2.24) is 0 Å². The fourth-order valence-corrected chi connectivity index (χ4v) is 4.83. The Morgan fingerprint density at radius 2 is 1.48 bits per heavy atom. The summed E-state index contributed by atoms with van der Waals surface area (Å²) in [4.78, 5) is 15.9. The molecule has 2 saturated carbocycles. The molecule has 2 aliphatic rings. The number of unbranched alkanes of at least 4 members (excludes halogenated alkanes) is 3. The third-order valence-corrected chi connectivity index (χ3v) is 6.63. The number of methoxy groups -OCH3 is 1. The first-order valence-corrected chi connectivity index (χ1v) is 11.4. The molecule has 0 aliphatic heterocycles. The third kappa shape index (κ3) is 8.75. The first kappa shape index (κ1) is 24.3. The number of carbonyl (C=O) groups excluding carboxylic acids is 1. The first-order chi connectivity index (χ1) is 14.2. The molecule has 0 heterocycles. The molecule has 0 amide bonds. The van der Waals surface area contributed by atoms with E-state index in [2.05, 4.69) is 6.58 Å². The van der Waals surface area contributed by atoms with Crippen LogP contribution in [-0.2, 0) is 23.9 Å². The van der Waals surface area contributed by atoms with Crippen molar-refractivity contribution < 1.29 is 29.1 Å². The van der Waals surface area contributed by atoms with Crippen molar-refractivity contribution in [3.8, 4) is 0 Å². The van der Waals surface area contributed by atoms with Crippen LogP contribution in [0.15, 0.2) is 12.7 Å². The van der Waals surface area contributed by atoms with Gasteiger partial charge in [-0.15, -0.1) is 0 Å². The van der Waals surface area contributed by atoms with E-state index in [0.29, 0.717) is 30.7 Å². The van der Waals surface area contributed by atoms with E-state index in [1.807, 2.05) is 0 Å². The lowest BCUT2D eigenvalue weighted by molar-refractivity contribution is -0.307. The van der Waals surface area contributed by atoms with Crippen molar-refractivity contribution >= 4 is 5.97 Å². The molecule has 0 aromatic heterocycles. The monoisotopic (exact) mass is 412 g/mol. The molecule has 1 atom stereocenters. The average molecular weight is 413 g/mol. The summed E-state index contributed by atoms with van der Waals surface area (Å²) in [6, 6.07) is 0. The second-order valence-corrected chi connectivity index (χ2v) is 8.54. The highest BCUT2D eigenvalue weighted by molar-refractivity contribution is 5.81. The maximum absolute atomic E-state index is 10.9. The predicted octanol–water partition coefficient (Wildman–Crippen LogP) is 4.91. The Balaban J connectivity index is 1.53. The fourth-order valence-electron chi connectivity index (χ4n) is 4.83. The molecule has 1 unspecified atom stereocenters. The van der Waals surface area contributed by atoms with Crippen molar-refractivity contribution in [3.05, 3.63) is 12.7 Å². The highest BCUT2D eigenvalue weighted by atomic mass is 17.1. The molecule has 2 fully saturated rings. The maximum atomic E-state index is 10.9. The lowest BCUT2D eigenvalue weighted by Gasteiger charge is -2.38. The molecule has 2 rings (SSSR count). The van der Waals surface area contributed by atoms with Crippen LogP contribution in [0.1, 0.15) is 77.0 Å². The predicted molar refractivity (Wildman–Crippen MR) is 112 cm³/mol. The summed E-state index contributed by atoms with van der Waals surface area (Å²) < 4.78 is 16.5. The van der Waals surface area contributed by atoms with E-state index in [4.69, 9.17) is 19.1 Å². The number of hydrogen-bond acceptors (Lipinski definition) is 6. The normalized spacial score (nSPS) is 28.6. The molecule has 6 nitrogen and oxygen atoms in total. The molecule has 6 heteroatoms. The summed E-state index contributed by atoms with van der Waals surface area (Å²) in [5, 5.41) is 9.53. The SMILES string of the molecule is C=CC(=O)OCCCCCCOC1CCC(C(OO)C2CCC(OC)CC2)CC1. The summed E-state index contributed by atoms with van der Waals surface area (Å²) in [7, 11) is 1.78. The highest BCUT2D eigenvalue weighted by Crippen LogP contribution is 2.38. The zero-order valence-corrected chi connectivity index (χ0v) is 18.1. The molecule has 0 spiro atoms. The number of esters is 1. The van der Waals surface area contributed by atoms with Crippen LogP contribution in [0.3, 0.4) is 0 Å². The van der Waals surface area contributed by atoms with Crippen molar-refractivity contribution in [2.45, 2.75) is 95.4 Å². The van der Waals surface area contributed by atoms with Gasteiger partial charge in [0.05, 0.1) is 24.9 Å². The molecule has 29 heavy (non-hydrogen) atoms. The topological polar surface area (TPSA) is 74.2 Å². The minimum absolute atomic E-state index is 0.0380. The number of carbonyl (C=O) groups is 1. The summed E-state index contributed by atoms with van der Waals surface area (Å²) in [5.74, 6) is 0.530. The first-order valence-electron chi connectivity index (χ1n) is 11.4. The Morgan fingerprint density at radius 1 is 0.931 bits per heavy atom. The molecule has 0 saturated heterocycles. The van der Waals surface area contributed by atoms with Gasteiger partial charge < -0.3 is 14.2 Å². The van der Waals surface area contributed by atoms with E-state index in [9.17, 15) is 10.1 Å². The molecule has 2 aliphatic carbocycles. The standard InChI is InChI=1S/C23H40O6/c1-3-22(24)28-17-7-5-4-6-16-27-21-14-10-19(11-15-21)23(29-25)18-8-12-20(26-2)13-9-18/h3,18-21,23,25H,1,4-17H2,2H3. The van der Waals surface area contributed by atoms with Gasteiger partial charge in [-0.3, -0.25) is 5.26 Å². The van der Waals surface area contributed by atoms with Crippen molar-refractivity contribution in [1.29, 1.82) is 0 Å². The molecule has 0 bridgehead atoms. The van der Waals surface area contributed by atoms with Gasteiger partial charge in [0.2, 0.25) is 0 Å². The lowest BCUT2D eigenvalue weighted by atomic mass is 9.74. The minimum Gasteiger partial charge on any atom is -0.463 e. The van der Waals surface area contributed by atoms with Gasteiger partial charge in [-0.2, -0.15) is 0 Å². The van der Waals surface area contributed by atoms with E-state index >= 15 is 0 Å². The Labute approximate surface area is 175 Å². The fraction of sp³-hybridized carbons (Fsp3) is 0.870. The Bertz CT molecular complexity index is 452. The number of ether oxygens (including phenoxy) is 3. The Hall–Kier alpha value is -0.950. The minimum atomic E-state index is -0.347. The molecule has 0 aromatic rings. The molecule has 168 valence electrons. The van der Waals surface area contributed by atoms with E-state index in [1.54, 1.807) is 7.11 Å². The van der Waals surface area contributed by atoms with Gasteiger partial charge in [-0.1, -0.05) is 13.0 Å². The van der Waals surface area contributed by atoms with Gasteiger partial charge in [-0.05, 0) is 82.5 Å². The second kappa shape index (κ2) is 14.1.